The Bertz CT molecular complexity index is 1390. The molecule has 0 radical (unpaired) electrons. The Morgan fingerprint density at radius 3 is 2.33 bits per heavy atom. The summed E-state index contributed by atoms with van der Waals surface area (Å²) in [7, 11) is -3.78. The standard InChI is InChI=1S/C29H37FN2O6S2/c1-7-29(8-2)17-32(15-19-9-11-20(12-10-19)31-27(35)28(3,4)5)22-13-24(39-6)23(38-16-21(30)26(33)34)14-25(22)40(36,37)18-29/h9-14,16H,7-8,15,17-18H2,1-6H3,(H,31,35)(H,33,34)/b21-16-. The Hall–Kier alpha value is -3.05. The summed E-state index contributed by atoms with van der Waals surface area (Å²) < 4.78 is 46.4. The van der Waals surface area contributed by atoms with Gasteiger partial charge in [-0.1, -0.05) is 46.8 Å². The quantitative estimate of drug-likeness (QED) is 0.199. The van der Waals surface area contributed by atoms with E-state index in [1.165, 1.54) is 17.8 Å². The number of carboxylic acids is 1. The van der Waals surface area contributed by atoms with E-state index < -0.39 is 32.5 Å². The molecule has 1 aliphatic heterocycles. The maximum atomic E-state index is 13.7. The smallest absolute Gasteiger partial charge is 0.368 e. The van der Waals surface area contributed by atoms with Gasteiger partial charge in [-0.2, -0.15) is 4.39 Å². The fourth-order valence-electron chi connectivity index (χ4n) is 4.51. The molecule has 218 valence electrons. The van der Waals surface area contributed by atoms with Crippen LogP contribution < -0.4 is 15.0 Å². The van der Waals surface area contributed by atoms with Gasteiger partial charge < -0.3 is 20.1 Å². The highest BCUT2D eigenvalue weighted by atomic mass is 32.2. The molecule has 11 heteroatoms. The van der Waals surface area contributed by atoms with E-state index in [4.69, 9.17) is 9.84 Å². The summed E-state index contributed by atoms with van der Waals surface area (Å²) in [6.45, 7) is 10.4. The molecule has 0 saturated carbocycles. The van der Waals surface area contributed by atoms with Gasteiger partial charge in [0.2, 0.25) is 11.7 Å². The van der Waals surface area contributed by atoms with Crippen molar-refractivity contribution in [3.05, 3.63) is 54.1 Å². The van der Waals surface area contributed by atoms with Gasteiger partial charge in [0.25, 0.3) is 0 Å². The van der Waals surface area contributed by atoms with Crippen LogP contribution in [0.4, 0.5) is 15.8 Å². The van der Waals surface area contributed by atoms with Crippen molar-refractivity contribution >= 4 is 44.9 Å². The van der Waals surface area contributed by atoms with Crippen molar-refractivity contribution in [1.29, 1.82) is 0 Å². The van der Waals surface area contributed by atoms with Gasteiger partial charge in [-0.25, -0.2) is 13.2 Å². The van der Waals surface area contributed by atoms with Gasteiger partial charge in [-0.05, 0) is 42.9 Å². The summed E-state index contributed by atoms with van der Waals surface area (Å²) in [4.78, 5) is 25.9. The number of thioether (sulfide) groups is 1. The monoisotopic (exact) mass is 592 g/mol. The number of halogens is 1. The molecule has 1 amide bonds. The molecular weight excluding hydrogens is 555 g/mol. The van der Waals surface area contributed by atoms with Gasteiger partial charge >= 0.3 is 5.97 Å². The predicted molar refractivity (Wildman–Crippen MR) is 156 cm³/mol. The van der Waals surface area contributed by atoms with Crippen molar-refractivity contribution < 1.29 is 32.2 Å². The molecule has 2 aromatic rings. The lowest BCUT2D eigenvalue weighted by molar-refractivity contribution is -0.134. The molecule has 3 rings (SSSR count). The summed E-state index contributed by atoms with van der Waals surface area (Å²) in [5.41, 5.74) is 1.07. The minimum absolute atomic E-state index is 0.0577. The van der Waals surface area contributed by atoms with Gasteiger partial charge in [0.1, 0.15) is 12.0 Å². The lowest BCUT2D eigenvalue weighted by atomic mass is 9.83. The molecule has 40 heavy (non-hydrogen) atoms. The first-order valence-corrected chi connectivity index (χ1v) is 15.9. The highest BCUT2D eigenvalue weighted by Crippen LogP contribution is 2.45. The third kappa shape index (κ3) is 7.17. The number of hydrogen-bond acceptors (Lipinski definition) is 7. The number of hydrogen-bond donors (Lipinski definition) is 2. The lowest BCUT2D eigenvalue weighted by Gasteiger charge is -2.35. The number of carboxylic acid groups (broad SMARTS) is 1. The van der Waals surface area contributed by atoms with Gasteiger partial charge in [0.15, 0.2) is 9.84 Å². The van der Waals surface area contributed by atoms with Crippen LogP contribution in [-0.2, 0) is 26.0 Å². The molecule has 1 heterocycles. The zero-order valence-electron chi connectivity index (χ0n) is 23.7. The summed E-state index contributed by atoms with van der Waals surface area (Å²) in [6, 6.07) is 10.5. The average molecular weight is 593 g/mol. The van der Waals surface area contributed by atoms with Gasteiger partial charge in [-0.15, -0.1) is 11.8 Å². The average Bonchev–Trinajstić information content (AvgIpc) is 2.99. The highest BCUT2D eigenvalue weighted by molar-refractivity contribution is 7.98. The summed E-state index contributed by atoms with van der Waals surface area (Å²) in [5.74, 6) is -3.37. The van der Waals surface area contributed by atoms with Crippen LogP contribution in [0.3, 0.4) is 0 Å². The number of rotatable bonds is 9. The largest absolute Gasteiger partial charge is 0.476 e. The Morgan fingerprint density at radius 1 is 1.18 bits per heavy atom. The van der Waals surface area contributed by atoms with Crippen molar-refractivity contribution in [3.63, 3.8) is 0 Å². The van der Waals surface area contributed by atoms with Crippen molar-refractivity contribution in [3.8, 4) is 5.75 Å². The van der Waals surface area contributed by atoms with Gasteiger partial charge in [0, 0.05) is 35.7 Å². The van der Waals surface area contributed by atoms with Crippen LogP contribution in [0.5, 0.6) is 5.75 Å². The number of carbonyl (C=O) groups is 2. The number of benzene rings is 2. The van der Waals surface area contributed by atoms with Crippen molar-refractivity contribution in [1.82, 2.24) is 0 Å². The third-order valence-electron chi connectivity index (χ3n) is 7.20. The van der Waals surface area contributed by atoms with Crippen LogP contribution in [0.25, 0.3) is 0 Å². The second kappa shape index (κ2) is 12.2. The molecule has 2 aromatic carbocycles. The number of anilines is 2. The summed E-state index contributed by atoms with van der Waals surface area (Å²) in [5, 5.41) is 11.7. The maximum absolute atomic E-state index is 13.7. The third-order valence-corrected chi connectivity index (χ3v) is 9.95. The first-order chi connectivity index (χ1) is 18.6. The molecule has 1 aliphatic rings. The molecule has 8 nitrogen and oxygen atoms in total. The van der Waals surface area contributed by atoms with E-state index in [1.807, 2.05) is 63.8 Å². The number of sulfone groups is 1. The topological polar surface area (TPSA) is 113 Å². The SMILES string of the molecule is CCC1(CC)CN(Cc2ccc(NC(=O)C(C)(C)C)cc2)c2cc(SC)c(O/C=C(\F)C(=O)O)cc2S(=O)(=O)C1. The minimum Gasteiger partial charge on any atom is -0.476 e. The molecule has 0 spiro atoms. The molecule has 0 aromatic heterocycles. The van der Waals surface area contributed by atoms with Crippen LogP contribution >= 0.6 is 11.8 Å². The van der Waals surface area contributed by atoms with E-state index in [0.29, 0.717) is 48.5 Å². The Balaban J connectivity index is 2.07. The Morgan fingerprint density at radius 2 is 1.80 bits per heavy atom. The number of aliphatic carboxylic acids is 1. The molecule has 0 saturated heterocycles. The van der Waals surface area contributed by atoms with Crippen LogP contribution in [-0.4, -0.2) is 44.0 Å². The van der Waals surface area contributed by atoms with Gasteiger partial charge in [-0.3, -0.25) is 4.79 Å². The van der Waals surface area contributed by atoms with Crippen molar-refractivity contribution in [2.45, 2.75) is 63.8 Å². The summed E-state index contributed by atoms with van der Waals surface area (Å²) >= 11 is 1.28. The van der Waals surface area contributed by atoms with E-state index in [1.54, 1.807) is 12.3 Å². The number of ether oxygens (including phenoxy) is 1. The van der Waals surface area contributed by atoms with E-state index in [9.17, 15) is 22.4 Å². The van der Waals surface area contributed by atoms with E-state index in [2.05, 4.69) is 5.32 Å². The van der Waals surface area contributed by atoms with Crippen LogP contribution in [0, 0.1) is 10.8 Å². The summed E-state index contributed by atoms with van der Waals surface area (Å²) in [6.07, 6.45) is 3.54. The molecule has 0 bridgehead atoms. The first-order valence-electron chi connectivity index (χ1n) is 13.0. The lowest BCUT2D eigenvalue weighted by Crippen LogP contribution is -2.39. The molecular formula is C29H37FN2O6S2. The zero-order chi connectivity index (χ0) is 29.9. The Kier molecular flexibility index (Phi) is 9.62. The molecule has 0 atom stereocenters. The fraction of sp³-hybridized carbons (Fsp3) is 0.448. The predicted octanol–water partition coefficient (Wildman–Crippen LogP) is 6.27. The van der Waals surface area contributed by atoms with E-state index in [0.717, 1.165) is 5.56 Å². The zero-order valence-corrected chi connectivity index (χ0v) is 25.3. The van der Waals surface area contributed by atoms with E-state index in [-0.39, 0.29) is 22.3 Å². The van der Waals surface area contributed by atoms with E-state index >= 15 is 0 Å². The fourth-order valence-corrected chi connectivity index (χ4v) is 7.30. The number of carbonyl (C=O) groups excluding carboxylic acids is 1. The van der Waals surface area contributed by atoms with Crippen LogP contribution in [0.2, 0.25) is 0 Å². The molecule has 0 unspecified atom stereocenters. The molecule has 2 N–H and O–H groups in total. The second-order valence-corrected chi connectivity index (χ2v) is 13.9. The number of nitrogens with one attached hydrogen (secondary N) is 1. The van der Waals surface area contributed by atoms with Crippen LogP contribution in [0.15, 0.2) is 58.3 Å². The number of fused-ring (bicyclic) bond motifs is 1. The normalized spacial score (nSPS) is 16.6. The second-order valence-electron chi connectivity index (χ2n) is 11.1. The van der Waals surface area contributed by atoms with Crippen molar-refractivity contribution in [2.24, 2.45) is 10.8 Å². The number of amides is 1. The minimum atomic E-state index is -3.78. The molecule has 0 aliphatic carbocycles. The maximum Gasteiger partial charge on any atom is 0.368 e. The highest BCUT2D eigenvalue weighted by Gasteiger charge is 2.41. The molecule has 0 fully saturated rings. The van der Waals surface area contributed by atoms with Crippen molar-refractivity contribution in [2.75, 3.05) is 28.8 Å². The van der Waals surface area contributed by atoms with Crippen LogP contribution in [0.1, 0.15) is 53.0 Å². The number of nitrogens with zero attached hydrogens (tertiary/aromatic N) is 1. The first kappa shape index (κ1) is 31.5. The van der Waals surface area contributed by atoms with Gasteiger partial charge in [0.05, 0.1) is 21.2 Å². The Labute approximate surface area is 239 Å².